The molecule has 228 valence electrons. The molecule has 41 heavy (non-hydrogen) atoms. The molecular weight excluding hydrogens is 639 g/mol. The molecule has 8 nitrogen and oxygen atoms in total. The van der Waals surface area contributed by atoms with Gasteiger partial charge < -0.3 is 19.3 Å². The van der Waals surface area contributed by atoms with Gasteiger partial charge in [-0.1, -0.05) is 39.1 Å². The topological polar surface area (TPSA) is 116 Å². The van der Waals surface area contributed by atoms with Crippen LogP contribution in [0.15, 0.2) is 36.4 Å². The van der Waals surface area contributed by atoms with Gasteiger partial charge in [0, 0.05) is 28.2 Å². The Balaban J connectivity index is 0.000000643. The Morgan fingerprint density at radius 2 is 1.27 bits per heavy atom. The maximum Gasteiger partial charge on any atom is 0.306 e. The minimum absolute atomic E-state index is 0.0810. The number of rotatable bonds is 10. The number of benzene rings is 2. The van der Waals surface area contributed by atoms with Crippen molar-refractivity contribution in [3.05, 3.63) is 57.6 Å². The SMILES string of the molecule is CC(C)(C)OC(=O)CCCBr.CC(C)(C)OC(=O)CCCOc1cc(Cl)ccc1C=O.O=Cc1ccc(Cl)cc1O. The van der Waals surface area contributed by atoms with E-state index in [1.165, 1.54) is 12.1 Å². The normalized spacial score (nSPS) is 10.7. The number of hydrogen-bond donors (Lipinski definition) is 1. The fourth-order valence-corrected chi connectivity index (χ4v) is 3.35. The van der Waals surface area contributed by atoms with E-state index in [1.54, 1.807) is 24.3 Å². The molecule has 0 aromatic heterocycles. The zero-order valence-corrected chi connectivity index (χ0v) is 27.4. The second kappa shape index (κ2) is 19.5. The van der Waals surface area contributed by atoms with Crippen molar-refractivity contribution < 1.29 is 38.5 Å². The molecule has 0 bridgehead atoms. The average molecular weight is 678 g/mol. The number of ether oxygens (including phenoxy) is 3. The molecule has 0 radical (unpaired) electrons. The Bertz CT molecular complexity index is 1120. The van der Waals surface area contributed by atoms with E-state index in [2.05, 4.69) is 15.9 Å². The van der Waals surface area contributed by atoms with Crippen LogP contribution in [0.1, 0.15) is 87.9 Å². The fraction of sp³-hybridized carbons (Fsp3) is 0.467. The molecule has 0 aliphatic rings. The highest BCUT2D eigenvalue weighted by Crippen LogP contribution is 2.22. The first-order chi connectivity index (χ1) is 19.0. The summed E-state index contributed by atoms with van der Waals surface area (Å²) >= 11 is 14.6. The molecule has 0 saturated carbocycles. The van der Waals surface area contributed by atoms with Crippen LogP contribution in [0.5, 0.6) is 11.5 Å². The third kappa shape index (κ3) is 20.0. The number of aromatic hydroxyl groups is 1. The highest BCUT2D eigenvalue weighted by Gasteiger charge is 2.16. The first kappa shape index (κ1) is 38.4. The van der Waals surface area contributed by atoms with Gasteiger partial charge in [0.15, 0.2) is 12.6 Å². The molecule has 11 heteroatoms. The van der Waals surface area contributed by atoms with Crippen molar-refractivity contribution in [2.24, 2.45) is 0 Å². The average Bonchev–Trinajstić information content (AvgIpc) is 2.84. The Kier molecular flexibility index (Phi) is 18.2. The lowest BCUT2D eigenvalue weighted by molar-refractivity contribution is -0.156. The minimum atomic E-state index is -0.477. The van der Waals surface area contributed by atoms with Crippen molar-refractivity contribution in [1.29, 1.82) is 0 Å². The van der Waals surface area contributed by atoms with Gasteiger partial charge in [0.2, 0.25) is 0 Å². The van der Waals surface area contributed by atoms with E-state index < -0.39 is 5.60 Å². The number of aldehydes is 2. The van der Waals surface area contributed by atoms with Gasteiger partial charge in [-0.25, -0.2) is 0 Å². The van der Waals surface area contributed by atoms with E-state index in [0.717, 1.165) is 11.8 Å². The van der Waals surface area contributed by atoms with Crippen molar-refractivity contribution in [2.75, 3.05) is 11.9 Å². The second-order valence-electron chi connectivity index (χ2n) is 10.5. The Hall–Kier alpha value is -2.62. The minimum Gasteiger partial charge on any atom is -0.507 e. The Morgan fingerprint density at radius 3 is 1.71 bits per heavy atom. The molecule has 0 atom stereocenters. The highest BCUT2D eigenvalue weighted by atomic mass is 79.9. The van der Waals surface area contributed by atoms with Gasteiger partial charge in [0.05, 0.1) is 17.7 Å². The summed E-state index contributed by atoms with van der Waals surface area (Å²) in [4.78, 5) is 43.4. The molecule has 0 unspecified atom stereocenters. The third-order valence-corrected chi connectivity index (χ3v) is 5.39. The van der Waals surface area contributed by atoms with Crippen molar-refractivity contribution >= 4 is 63.6 Å². The van der Waals surface area contributed by atoms with E-state index in [-0.39, 0.29) is 35.3 Å². The van der Waals surface area contributed by atoms with Crippen LogP contribution in [0, 0.1) is 0 Å². The van der Waals surface area contributed by atoms with Crippen LogP contribution in [-0.2, 0) is 19.1 Å². The Labute approximate surface area is 260 Å². The molecule has 2 aromatic carbocycles. The Morgan fingerprint density at radius 1 is 0.805 bits per heavy atom. The molecular formula is C30H39BrCl2O8. The maximum absolute atomic E-state index is 11.5. The molecule has 0 saturated heterocycles. The summed E-state index contributed by atoms with van der Waals surface area (Å²) in [5.41, 5.74) is -0.130. The zero-order valence-electron chi connectivity index (χ0n) is 24.3. The lowest BCUT2D eigenvalue weighted by Gasteiger charge is -2.19. The predicted molar refractivity (Wildman–Crippen MR) is 165 cm³/mol. The van der Waals surface area contributed by atoms with Crippen LogP contribution in [0.25, 0.3) is 0 Å². The van der Waals surface area contributed by atoms with E-state index in [9.17, 15) is 19.2 Å². The van der Waals surface area contributed by atoms with Crippen molar-refractivity contribution in [3.63, 3.8) is 0 Å². The van der Waals surface area contributed by atoms with Crippen LogP contribution in [-0.4, -0.2) is 52.8 Å². The number of hydrogen-bond acceptors (Lipinski definition) is 8. The van der Waals surface area contributed by atoms with Crippen LogP contribution in [0.4, 0.5) is 0 Å². The van der Waals surface area contributed by atoms with Gasteiger partial charge in [-0.3, -0.25) is 19.2 Å². The van der Waals surface area contributed by atoms with Gasteiger partial charge in [0.1, 0.15) is 22.7 Å². The summed E-state index contributed by atoms with van der Waals surface area (Å²) in [5.74, 6) is -0.0288. The van der Waals surface area contributed by atoms with Gasteiger partial charge in [-0.05, 0) is 90.8 Å². The number of esters is 2. The summed E-state index contributed by atoms with van der Waals surface area (Å²) in [6, 6.07) is 9.14. The predicted octanol–water partition coefficient (Wildman–Crippen LogP) is 8.01. The molecule has 0 spiro atoms. The first-order valence-electron chi connectivity index (χ1n) is 12.8. The number of phenols is 1. The summed E-state index contributed by atoms with van der Waals surface area (Å²) in [6.45, 7) is 11.4. The summed E-state index contributed by atoms with van der Waals surface area (Å²) in [7, 11) is 0. The number of carbonyl (C=O) groups excluding carboxylic acids is 4. The number of halogens is 3. The number of carbonyl (C=O) groups is 4. The smallest absolute Gasteiger partial charge is 0.306 e. The summed E-state index contributed by atoms with van der Waals surface area (Å²) in [5, 5.41) is 10.7. The lowest BCUT2D eigenvalue weighted by Crippen LogP contribution is -2.24. The molecule has 0 aliphatic heterocycles. The lowest BCUT2D eigenvalue weighted by atomic mass is 10.2. The highest BCUT2D eigenvalue weighted by molar-refractivity contribution is 9.09. The van der Waals surface area contributed by atoms with Crippen molar-refractivity contribution in [2.45, 2.75) is 78.4 Å². The number of phenolic OH excluding ortho intramolecular Hbond substituents is 1. The van der Waals surface area contributed by atoms with Crippen LogP contribution in [0.2, 0.25) is 10.0 Å². The van der Waals surface area contributed by atoms with E-state index in [1.807, 2.05) is 41.5 Å². The van der Waals surface area contributed by atoms with Gasteiger partial charge in [-0.2, -0.15) is 0 Å². The molecule has 2 rings (SSSR count). The van der Waals surface area contributed by atoms with E-state index in [4.69, 9.17) is 42.5 Å². The standard InChI is InChI=1S/C15H19ClO4.C8H15BrO2.C7H5ClO2/c1-15(2,3)20-14(18)5-4-8-19-13-9-12(16)7-6-11(13)10-17;1-8(2,3)11-7(10)5-4-6-9;8-6-2-1-5(4-9)7(10)3-6/h6-7,9-10H,4-5,8H2,1-3H3;4-6H2,1-3H3;1-4,10H. The van der Waals surface area contributed by atoms with Gasteiger partial charge >= 0.3 is 11.9 Å². The van der Waals surface area contributed by atoms with E-state index >= 15 is 0 Å². The first-order valence-corrected chi connectivity index (χ1v) is 14.7. The maximum atomic E-state index is 11.5. The van der Waals surface area contributed by atoms with Crippen molar-refractivity contribution in [1.82, 2.24) is 0 Å². The van der Waals surface area contributed by atoms with Crippen LogP contribution < -0.4 is 4.74 Å². The second-order valence-corrected chi connectivity index (χ2v) is 12.2. The monoisotopic (exact) mass is 676 g/mol. The largest absolute Gasteiger partial charge is 0.507 e. The molecule has 0 amide bonds. The van der Waals surface area contributed by atoms with Gasteiger partial charge in [0.25, 0.3) is 0 Å². The quantitative estimate of drug-likeness (QED) is 0.116. The molecule has 1 N–H and O–H groups in total. The summed E-state index contributed by atoms with van der Waals surface area (Å²) in [6.07, 6.45) is 3.41. The number of alkyl halides is 1. The fourth-order valence-electron chi connectivity index (χ4n) is 2.74. The molecule has 0 aliphatic carbocycles. The zero-order chi connectivity index (χ0) is 31.6. The van der Waals surface area contributed by atoms with Gasteiger partial charge in [-0.15, -0.1) is 0 Å². The van der Waals surface area contributed by atoms with E-state index in [0.29, 0.717) is 53.4 Å². The third-order valence-electron chi connectivity index (χ3n) is 4.36. The molecule has 2 aromatic rings. The van der Waals surface area contributed by atoms with Crippen LogP contribution in [0.3, 0.4) is 0 Å². The van der Waals surface area contributed by atoms with Crippen LogP contribution >= 0.6 is 39.1 Å². The summed E-state index contributed by atoms with van der Waals surface area (Å²) < 4.78 is 15.7. The van der Waals surface area contributed by atoms with Crippen molar-refractivity contribution in [3.8, 4) is 11.5 Å². The molecule has 0 fully saturated rings. The molecule has 0 heterocycles.